The van der Waals surface area contributed by atoms with Gasteiger partial charge in [0.25, 0.3) is 5.91 Å². The minimum Gasteiger partial charge on any atom is -0.497 e. The Morgan fingerprint density at radius 1 is 1.40 bits per heavy atom. The molecule has 1 aliphatic rings. The van der Waals surface area contributed by atoms with E-state index in [1.807, 2.05) is 24.3 Å². The van der Waals surface area contributed by atoms with Crippen LogP contribution in [0.25, 0.3) is 11.4 Å². The van der Waals surface area contributed by atoms with Crippen molar-refractivity contribution in [3.05, 3.63) is 35.7 Å². The van der Waals surface area contributed by atoms with Gasteiger partial charge in [0.2, 0.25) is 0 Å². The first-order valence-electron chi connectivity index (χ1n) is 8.22. The Morgan fingerprint density at radius 3 is 2.92 bits per heavy atom. The summed E-state index contributed by atoms with van der Waals surface area (Å²) < 4.78 is 5.22. The van der Waals surface area contributed by atoms with Crippen molar-refractivity contribution in [3.8, 4) is 17.1 Å². The highest BCUT2D eigenvalue weighted by molar-refractivity contribution is 5.94. The summed E-state index contributed by atoms with van der Waals surface area (Å²) in [5.74, 6) is -0.289. The molecule has 0 bridgehead atoms. The number of aromatic nitrogens is 2. The molecular weight excluding hydrogens is 322 g/mol. The maximum atomic E-state index is 12.8. The molecule has 1 aromatic carbocycles. The predicted octanol–water partition coefficient (Wildman–Crippen LogP) is 2.33. The molecule has 0 radical (unpaired) electrons. The van der Waals surface area contributed by atoms with Crippen LogP contribution in [0.1, 0.15) is 29.0 Å². The Balaban J connectivity index is 1.84. The Kier molecular flexibility index (Phi) is 4.74. The first kappa shape index (κ1) is 17.0. The number of hydrogen-bond acceptors (Lipinski definition) is 4. The highest BCUT2D eigenvalue weighted by Gasteiger charge is 2.30. The van der Waals surface area contributed by atoms with Gasteiger partial charge in [-0.15, -0.1) is 0 Å². The third kappa shape index (κ3) is 3.50. The number of likely N-dealkylation sites (tertiary alicyclic amines) is 1. The van der Waals surface area contributed by atoms with Crippen LogP contribution >= 0.6 is 0 Å². The summed E-state index contributed by atoms with van der Waals surface area (Å²) in [5.41, 5.74) is 1.83. The molecule has 2 heterocycles. The van der Waals surface area contributed by atoms with E-state index in [1.54, 1.807) is 18.9 Å². The number of ether oxygens (including phenoxy) is 1. The van der Waals surface area contributed by atoms with Crippen molar-refractivity contribution >= 4 is 11.9 Å². The van der Waals surface area contributed by atoms with Gasteiger partial charge in [-0.3, -0.25) is 9.59 Å². The van der Waals surface area contributed by atoms with Gasteiger partial charge in [-0.25, -0.2) is 4.98 Å². The lowest BCUT2D eigenvalue weighted by molar-refractivity contribution is -0.143. The van der Waals surface area contributed by atoms with E-state index in [2.05, 4.69) is 9.97 Å². The van der Waals surface area contributed by atoms with Crippen LogP contribution in [-0.2, 0) is 4.79 Å². The maximum Gasteiger partial charge on any atom is 0.308 e. The van der Waals surface area contributed by atoms with Crippen LogP contribution in [0.4, 0.5) is 0 Å². The third-order valence-electron chi connectivity index (χ3n) is 4.49. The molecule has 1 atom stereocenters. The molecule has 1 fully saturated rings. The molecule has 0 saturated carbocycles. The van der Waals surface area contributed by atoms with Crippen LogP contribution in [0.2, 0.25) is 0 Å². The Morgan fingerprint density at radius 2 is 2.20 bits per heavy atom. The monoisotopic (exact) mass is 343 g/mol. The van der Waals surface area contributed by atoms with Crippen molar-refractivity contribution in [3.63, 3.8) is 0 Å². The fourth-order valence-electron chi connectivity index (χ4n) is 3.09. The summed E-state index contributed by atoms with van der Waals surface area (Å²) in [4.78, 5) is 33.2. The molecule has 0 spiro atoms. The number of aromatic amines is 1. The molecule has 1 aliphatic heterocycles. The minimum atomic E-state index is -0.853. The molecule has 2 N–H and O–H groups in total. The van der Waals surface area contributed by atoms with Gasteiger partial charge in [0.05, 0.1) is 13.0 Å². The first-order valence-corrected chi connectivity index (χ1v) is 8.22. The van der Waals surface area contributed by atoms with Gasteiger partial charge in [0.15, 0.2) is 0 Å². The fraction of sp³-hybridized carbons (Fsp3) is 0.389. The fourth-order valence-corrected chi connectivity index (χ4v) is 3.09. The average Bonchev–Trinajstić information content (AvgIpc) is 3.03. The molecule has 7 nitrogen and oxygen atoms in total. The smallest absolute Gasteiger partial charge is 0.308 e. The topological polar surface area (TPSA) is 95.5 Å². The number of carbonyl (C=O) groups excluding carboxylic acids is 1. The van der Waals surface area contributed by atoms with E-state index in [1.165, 1.54) is 0 Å². The first-order chi connectivity index (χ1) is 12.0. The lowest BCUT2D eigenvalue weighted by atomic mass is 9.98. The van der Waals surface area contributed by atoms with Gasteiger partial charge >= 0.3 is 5.97 Å². The van der Waals surface area contributed by atoms with Crippen LogP contribution in [0, 0.1) is 12.8 Å². The number of methoxy groups -OCH3 is 1. The SMILES string of the molecule is COc1cccc(-c2nc(C(=O)N3CCCC(C(=O)O)C3)c(C)[nH]2)c1. The number of carboxylic acids is 1. The average molecular weight is 343 g/mol. The molecule has 1 unspecified atom stereocenters. The van der Waals surface area contributed by atoms with E-state index in [4.69, 9.17) is 4.74 Å². The van der Waals surface area contributed by atoms with E-state index < -0.39 is 11.9 Å². The number of benzene rings is 1. The summed E-state index contributed by atoms with van der Waals surface area (Å²) in [5, 5.41) is 9.19. The predicted molar refractivity (Wildman–Crippen MR) is 91.6 cm³/mol. The van der Waals surface area contributed by atoms with Gasteiger partial charge in [0, 0.05) is 24.3 Å². The van der Waals surface area contributed by atoms with Gasteiger partial charge < -0.3 is 19.7 Å². The molecular formula is C18H21N3O4. The van der Waals surface area contributed by atoms with Crippen molar-refractivity contribution in [2.24, 2.45) is 5.92 Å². The summed E-state index contributed by atoms with van der Waals surface area (Å²) >= 11 is 0. The molecule has 132 valence electrons. The Labute approximate surface area is 145 Å². The van der Waals surface area contributed by atoms with Crippen LogP contribution < -0.4 is 4.74 Å². The molecule has 1 amide bonds. The molecule has 2 aromatic rings. The number of carboxylic acid groups (broad SMARTS) is 1. The summed E-state index contributed by atoms with van der Waals surface area (Å²) in [6, 6.07) is 7.42. The van der Waals surface area contributed by atoms with E-state index in [0.717, 1.165) is 5.56 Å². The van der Waals surface area contributed by atoms with Gasteiger partial charge in [0.1, 0.15) is 17.3 Å². The van der Waals surface area contributed by atoms with Gasteiger partial charge in [-0.05, 0) is 31.9 Å². The van der Waals surface area contributed by atoms with Crippen molar-refractivity contribution in [1.29, 1.82) is 0 Å². The Bertz CT molecular complexity index is 799. The van der Waals surface area contributed by atoms with E-state index in [9.17, 15) is 14.7 Å². The largest absolute Gasteiger partial charge is 0.497 e. The minimum absolute atomic E-state index is 0.228. The van der Waals surface area contributed by atoms with Gasteiger partial charge in [-0.1, -0.05) is 12.1 Å². The summed E-state index contributed by atoms with van der Waals surface area (Å²) in [7, 11) is 1.59. The summed E-state index contributed by atoms with van der Waals surface area (Å²) in [6.07, 6.45) is 1.29. The highest BCUT2D eigenvalue weighted by atomic mass is 16.5. The van der Waals surface area contributed by atoms with E-state index >= 15 is 0 Å². The zero-order valence-electron chi connectivity index (χ0n) is 14.3. The molecule has 3 rings (SSSR count). The van der Waals surface area contributed by atoms with Crippen LogP contribution in [0.15, 0.2) is 24.3 Å². The van der Waals surface area contributed by atoms with Crippen molar-refractivity contribution in [2.45, 2.75) is 19.8 Å². The zero-order valence-corrected chi connectivity index (χ0v) is 14.3. The zero-order chi connectivity index (χ0) is 18.0. The van der Waals surface area contributed by atoms with E-state index in [-0.39, 0.29) is 12.5 Å². The highest BCUT2D eigenvalue weighted by Crippen LogP contribution is 2.24. The van der Waals surface area contributed by atoms with Crippen molar-refractivity contribution in [2.75, 3.05) is 20.2 Å². The molecule has 1 aromatic heterocycles. The normalized spacial score (nSPS) is 17.4. The lowest BCUT2D eigenvalue weighted by Gasteiger charge is -2.30. The standard InChI is InChI=1S/C18H21N3O4/c1-11-15(17(22)21-8-4-6-13(10-21)18(23)24)20-16(19-11)12-5-3-7-14(9-12)25-2/h3,5,7,9,13H,4,6,8,10H2,1-2H3,(H,19,20)(H,23,24). The van der Waals surface area contributed by atoms with Crippen molar-refractivity contribution in [1.82, 2.24) is 14.9 Å². The number of carbonyl (C=O) groups is 2. The van der Waals surface area contributed by atoms with E-state index in [0.29, 0.717) is 42.3 Å². The molecule has 25 heavy (non-hydrogen) atoms. The lowest BCUT2D eigenvalue weighted by Crippen LogP contribution is -2.42. The number of piperidine rings is 1. The quantitative estimate of drug-likeness (QED) is 0.888. The number of H-pyrrole nitrogens is 1. The molecule has 1 saturated heterocycles. The number of aliphatic carboxylic acids is 1. The van der Waals surface area contributed by atoms with Crippen LogP contribution in [0.5, 0.6) is 5.75 Å². The number of nitrogens with zero attached hydrogens (tertiary/aromatic N) is 2. The second kappa shape index (κ2) is 6.96. The number of imidazole rings is 1. The number of nitrogens with one attached hydrogen (secondary N) is 1. The second-order valence-electron chi connectivity index (χ2n) is 6.22. The number of hydrogen-bond donors (Lipinski definition) is 2. The van der Waals surface area contributed by atoms with Crippen LogP contribution in [-0.4, -0.2) is 52.1 Å². The Hall–Kier alpha value is -2.83. The number of amides is 1. The number of rotatable bonds is 4. The third-order valence-corrected chi connectivity index (χ3v) is 4.49. The molecule has 0 aliphatic carbocycles. The van der Waals surface area contributed by atoms with Crippen molar-refractivity contribution < 1.29 is 19.4 Å². The molecule has 7 heteroatoms. The summed E-state index contributed by atoms with van der Waals surface area (Å²) in [6.45, 7) is 2.58. The van der Waals surface area contributed by atoms with Crippen LogP contribution in [0.3, 0.4) is 0 Å². The maximum absolute atomic E-state index is 12.8. The van der Waals surface area contributed by atoms with Gasteiger partial charge in [-0.2, -0.15) is 0 Å². The number of aryl methyl sites for hydroxylation is 1. The second-order valence-corrected chi connectivity index (χ2v) is 6.22.